The third kappa shape index (κ3) is 4.76. The normalized spacial score (nSPS) is 12.8. The maximum absolute atomic E-state index is 4.18. The van der Waals surface area contributed by atoms with Crippen molar-refractivity contribution in [2.45, 2.75) is 0 Å². The van der Waals surface area contributed by atoms with Gasteiger partial charge >= 0.3 is 0 Å². The van der Waals surface area contributed by atoms with Gasteiger partial charge in [0.15, 0.2) is 0 Å². The summed E-state index contributed by atoms with van der Waals surface area (Å²) in [5.74, 6) is 0. The van der Waals surface area contributed by atoms with Crippen LogP contribution in [-0.4, -0.2) is 0 Å². The molecule has 0 saturated carbocycles. The second kappa shape index (κ2) is 12.5. The van der Waals surface area contributed by atoms with Gasteiger partial charge in [0.25, 0.3) is 0 Å². The van der Waals surface area contributed by atoms with Gasteiger partial charge in [0.05, 0.1) is 27.8 Å². The fraction of sp³-hybridized carbons (Fsp3) is 0. The molecule has 2 aliphatic carbocycles. The Bertz CT molecular complexity index is 3610. The Morgan fingerprint density at radius 1 is 0.404 bits per heavy atom. The number of fused-ring (bicyclic) bond motifs is 8. The van der Waals surface area contributed by atoms with Crippen LogP contribution < -0.4 is 20.9 Å². The van der Waals surface area contributed by atoms with Crippen LogP contribution in [-0.2, 0) is 0 Å². The zero-order chi connectivity index (χ0) is 37.5. The molecule has 0 saturated heterocycles. The maximum Gasteiger partial charge on any atom is 0.0813 e. The summed E-state index contributed by atoms with van der Waals surface area (Å²) in [5.41, 5.74) is 11.7. The lowest BCUT2D eigenvalue weighted by Gasteiger charge is -2.18. The Kier molecular flexibility index (Phi) is 6.99. The average Bonchev–Trinajstić information content (AvgIpc) is 3.27. The minimum absolute atomic E-state index is 1.12. The van der Waals surface area contributed by atoms with Crippen LogP contribution in [0.1, 0.15) is 27.8 Å². The quantitative estimate of drug-likeness (QED) is 0.108. The second-order valence-corrected chi connectivity index (χ2v) is 15.2. The molecule has 57 heavy (non-hydrogen) atoms. The number of allylic oxidation sites excluding steroid dienone is 1. The molecule has 0 heteroatoms. The third-order valence-corrected chi connectivity index (χ3v) is 12.2. The van der Waals surface area contributed by atoms with Gasteiger partial charge in [0.2, 0.25) is 0 Å². The van der Waals surface area contributed by atoms with Gasteiger partial charge in [-0.15, -0.1) is 16.5 Å². The molecule has 12 rings (SSSR count). The summed E-state index contributed by atoms with van der Waals surface area (Å²) in [4.78, 5) is 0. The molecule has 0 unspecified atom stereocenters. The Balaban J connectivity index is 1.37. The zero-order valence-corrected chi connectivity index (χ0v) is 31.1. The molecule has 0 heterocycles. The molecule has 2 aliphatic rings. The van der Waals surface area contributed by atoms with E-state index in [1.54, 1.807) is 0 Å². The minimum atomic E-state index is 1.12. The molecule has 10 aromatic carbocycles. The van der Waals surface area contributed by atoms with Crippen LogP contribution in [0.4, 0.5) is 0 Å². The van der Waals surface area contributed by atoms with Crippen molar-refractivity contribution in [3.8, 4) is 0 Å². The molecule has 0 radical (unpaired) electrons. The first kappa shape index (κ1) is 31.8. The second-order valence-electron chi connectivity index (χ2n) is 15.2. The highest BCUT2D eigenvalue weighted by atomic mass is 14.3. The van der Waals surface area contributed by atoms with E-state index in [-0.39, 0.29) is 0 Å². The number of hydrogen-bond acceptors (Lipinski definition) is 0. The van der Waals surface area contributed by atoms with E-state index in [0.717, 1.165) is 10.4 Å². The smallest absolute Gasteiger partial charge is 0.0813 e. The maximum atomic E-state index is 4.18. The summed E-state index contributed by atoms with van der Waals surface area (Å²) < 4.78 is 0. The Morgan fingerprint density at radius 2 is 0.842 bits per heavy atom. The minimum Gasteiger partial charge on any atom is -0.172 e. The van der Waals surface area contributed by atoms with Crippen LogP contribution in [0.3, 0.4) is 0 Å². The Hall–Kier alpha value is -7.50. The number of rotatable bonds is 0. The van der Waals surface area contributed by atoms with Crippen LogP contribution in [0, 0.1) is 23.3 Å². The molecule has 0 fully saturated rings. The van der Waals surface area contributed by atoms with Crippen LogP contribution in [0.25, 0.3) is 77.3 Å². The lowest BCUT2D eigenvalue weighted by Crippen LogP contribution is -2.21. The van der Waals surface area contributed by atoms with Gasteiger partial charge < -0.3 is 0 Å². The predicted octanol–water partition coefficient (Wildman–Crippen LogP) is 10.7. The Morgan fingerprint density at radius 3 is 1.39 bits per heavy atom. The van der Waals surface area contributed by atoms with Crippen molar-refractivity contribution < 1.29 is 0 Å². The van der Waals surface area contributed by atoms with Crippen LogP contribution in [0.15, 0.2) is 182 Å². The van der Waals surface area contributed by atoms with E-state index < -0.39 is 0 Å². The molecular weight excluding hydrogens is 685 g/mol. The van der Waals surface area contributed by atoms with Crippen LogP contribution >= 0.6 is 0 Å². The lowest BCUT2D eigenvalue weighted by molar-refractivity contribution is 1.32. The summed E-state index contributed by atoms with van der Waals surface area (Å²) in [7, 11) is 0. The van der Waals surface area contributed by atoms with Crippen molar-refractivity contribution in [1.29, 1.82) is 0 Å². The van der Waals surface area contributed by atoms with Crippen molar-refractivity contribution in [1.82, 2.24) is 0 Å². The van der Waals surface area contributed by atoms with Crippen molar-refractivity contribution in [3.63, 3.8) is 0 Å². The van der Waals surface area contributed by atoms with Gasteiger partial charge in [0, 0.05) is 34.2 Å². The fourth-order valence-electron chi connectivity index (χ4n) is 9.76. The standard InChI is InChI=1S/C57H34/c1-5-21-40-36(17-1)33-37-18-2-6-22-41(37)54(40)56-48-29-13-9-25-44(48)52(45-26-10-14-30-49(45)56)35-53-46-27-11-15-31-50(46)57(51-32-16-12-28-47(51)53)55-42-23-7-3-19-38(42)34-39-20-4-8-24-43(39)55/h1-34H. The molecule has 0 amide bonds. The monoisotopic (exact) mass is 718 g/mol. The van der Waals surface area contributed by atoms with Crippen LogP contribution in [0.5, 0.6) is 0 Å². The number of hydrogen-bond donors (Lipinski definition) is 0. The first-order chi connectivity index (χ1) is 28.3. The summed E-state index contributed by atoms with van der Waals surface area (Å²) >= 11 is 0. The molecule has 0 N–H and O–H groups in total. The number of benzene rings is 10. The van der Waals surface area contributed by atoms with Crippen LogP contribution in [0.2, 0.25) is 0 Å². The molecule has 10 aromatic rings. The molecule has 0 spiro atoms. The molecule has 0 nitrogen and oxygen atoms in total. The first-order valence-electron chi connectivity index (χ1n) is 19.8. The van der Waals surface area contributed by atoms with Crippen molar-refractivity contribution in [3.05, 3.63) is 254 Å². The molecule has 0 aliphatic heterocycles. The van der Waals surface area contributed by atoms with E-state index in [0.29, 0.717) is 0 Å². The molecule has 0 bridgehead atoms. The van der Waals surface area contributed by atoms with E-state index in [9.17, 15) is 0 Å². The summed E-state index contributed by atoms with van der Waals surface area (Å²) in [5, 5.41) is 19.5. The van der Waals surface area contributed by atoms with Gasteiger partial charge in [-0.1, -0.05) is 133 Å². The van der Waals surface area contributed by atoms with Crippen molar-refractivity contribution in [2.24, 2.45) is 0 Å². The molecule has 262 valence electrons. The summed E-state index contributed by atoms with van der Waals surface area (Å²) in [6.45, 7) is 0. The van der Waals surface area contributed by atoms with Gasteiger partial charge in [-0.3, -0.25) is 0 Å². The molecular formula is C57H34. The first-order valence-corrected chi connectivity index (χ1v) is 19.8. The van der Waals surface area contributed by atoms with E-state index in [2.05, 4.69) is 213 Å². The largest absolute Gasteiger partial charge is 0.172 e. The lowest BCUT2D eigenvalue weighted by atomic mass is 9.79. The van der Waals surface area contributed by atoms with E-state index in [4.69, 9.17) is 0 Å². The highest BCUT2D eigenvalue weighted by Gasteiger charge is 2.28. The molecule has 0 aromatic heterocycles. The average molecular weight is 719 g/mol. The highest BCUT2D eigenvalue weighted by molar-refractivity contribution is 6.06. The van der Waals surface area contributed by atoms with Gasteiger partial charge in [-0.2, -0.15) is 24.6 Å². The highest BCUT2D eigenvalue weighted by Crippen LogP contribution is 2.36. The van der Waals surface area contributed by atoms with Gasteiger partial charge in [0.1, 0.15) is 0 Å². The van der Waals surface area contributed by atoms with E-state index in [1.165, 1.54) is 108 Å². The zero-order valence-electron chi connectivity index (χ0n) is 31.1. The summed E-state index contributed by atoms with van der Waals surface area (Å²) in [6.07, 6.45) is 11.2. The predicted molar refractivity (Wildman–Crippen MR) is 240 cm³/mol. The van der Waals surface area contributed by atoms with Crippen molar-refractivity contribution in [2.75, 3.05) is 0 Å². The van der Waals surface area contributed by atoms with Gasteiger partial charge in [-0.05, 0) is 95.5 Å². The molecule has 0 atom stereocenters. The fourth-order valence-corrected chi connectivity index (χ4v) is 9.76. The van der Waals surface area contributed by atoms with E-state index >= 15 is 0 Å². The van der Waals surface area contributed by atoms with E-state index in [1.807, 2.05) is 0 Å². The summed E-state index contributed by atoms with van der Waals surface area (Å²) in [6, 6.07) is 64.7. The Labute approximate surface area is 329 Å². The SMILES string of the molecule is C(=c1c2ccccc2c(=C2c3ccccc3[CH+]c3ccccc32)c2ccccc12)=c1c2ccccc2c(=c2c3c(cc4ccccc24)C=C[CH-]C=3)c2ccccc12. The topological polar surface area (TPSA) is 0 Å². The third-order valence-electron chi connectivity index (χ3n) is 12.2. The van der Waals surface area contributed by atoms with Crippen molar-refractivity contribution >= 4 is 77.3 Å². The van der Waals surface area contributed by atoms with Gasteiger partial charge in [-0.25, -0.2) is 0 Å².